The van der Waals surface area contributed by atoms with Crippen molar-refractivity contribution in [3.05, 3.63) is 58.0 Å². The predicted octanol–water partition coefficient (Wildman–Crippen LogP) is 4.86. The first-order valence-electron chi connectivity index (χ1n) is 9.85. The van der Waals surface area contributed by atoms with E-state index in [1.807, 2.05) is 20.8 Å². The smallest absolute Gasteiger partial charge is 0.416 e. The molecule has 1 N–H and O–H groups in total. The van der Waals surface area contributed by atoms with Crippen LogP contribution in [0.3, 0.4) is 0 Å². The third-order valence-electron chi connectivity index (χ3n) is 5.03. The number of nitrogens with zero attached hydrogens (tertiary/aromatic N) is 2. The summed E-state index contributed by atoms with van der Waals surface area (Å²) in [5.41, 5.74) is -0.332. The molecule has 0 unspecified atom stereocenters. The Labute approximate surface area is 182 Å². The molecule has 0 atom stereocenters. The minimum atomic E-state index is -4.52. The van der Waals surface area contributed by atoms with Crippen LogP contribution in [0.2, 0.25) is 0 Å². The van der Waals surface area contributed by atoms with Crippen molar-refractivity contribution < 1.29 is 27.8 Å². The number of carboxylic acid groups (broad SMARTS) is 1. The number of benzene rings is 2. The first kappa shape index (κ1) is 23.3. The SMILES string of the molecule is COc1cc2nc(C(C)(C)C)c(=O)n(CCC(=O)O)c2cc1-c1cccc(C(F)(F)F)c1. The van der Waals surface area contributed by atoms with Crippen molar-refractivity contribution in [1.29, 1.82) is 0 Å². The Balaban J connectivity index is 2.34. The molecule has 1 heterocycles. The Morgan fingerprint density at radius 1 is 1.16 bits per heavy atom. The molecule has 6 nitrogen and oxygen atoms in total. The highest BCUT2D eigenvalue weighted by molar-refractivity contribution is 5.86. The molecule has 2 aromatic carbocycles. The zero-order valence-corrected chi connectivity index (χ0v) is 18.1. The topological polar surface area (TPSA) is 81.4 Å². The minimum Gasteiger partial charge on any atom is -0.496 e. The van der Waals surface area contributed by atoms with Crippen LogP contribution in [-0.2, 0) is 22.9 Å². The number of aryl methyl sites for hydroxylation is 1. The summed E-state index contributed by atoms with van der Waals surface area (Å²) in [6, 6.07) is 7.84. The standard InChI is InChI=1S/C23H23F3N2O4/c1-22(2,3)20-21(31)28(9-8-19(29)30)17-11-15(18(32-4)12-16(17)27-20)13-6-5-7-14(10-13)23(24,25)26/h5-7,10-12H,8-9H2,1-4H3,(H,29,30). The molecule has 0 aliphatic carbocycles. The van der Waals surface area contributed by atoms with Crippen molar-refractivity contribution >= 4 is 17.0 Å². The average molecular weight is 448 g/mol. The van der Waals surface area contributed by atoms with Crippen LogP contribution in [0, 0.1) is 0 Å². The first-order chi connectivity index (χ1) is 14.8. The number of carbonyl (C=O) groups is 1. The highest BCUT2D eigenvalue weighted by Crippen LogP contribution is 2.37. The molecule has 3 rings (SSSR count). The number of hydrogen-bond donors (Lipinski definition) is 1. The zero-order chi connectivity index (χ0) is 23.8. The Morgan fingerprint density at radius 3 is 2.41 bits per heavy atom. The van der Waals surface area contributed by atoms with Gasteiger partial charge in [-0.3, -0.25) is 9.59 Å². The molecule has 0 amide bonds. The molecule has 0 spiro atoms. The number of ether oxygens (including phenoxy) is 1. The summed E-state index contributed by atoms with van der Waals surface area (Å²) in [4.78, 5) is 28.8. The molecule has 0 aliphatic rings. The number of halogens is 3. The van der Waals surface area contributed by atoms with E-state index in [2.05, 4.69) is 4.98 Å². The van der Waals surface area contributed by atoms with Crippen molar-refractivity contribution in [2.45, 2.75) is 45.3 Å². The van der Waals surface area contributed by atoms with Crippen LogP contribution in [0.25, 0.3) is 22.2 Å². The number of aliphatic carboxylic acids is 1. The lowest BCUT2D eigenvalue weighted by atomic mass is 9.92. The van der Waals surface area contributed by atoms with Gasteiger partial charge in [-0.05, 0) is 23.8 Å². The van der Waals surface area contributed by atoms with Gasteiger partial charge in [0.05, 0.1) is 30.1 Å². The summed E-state index contributed by atoms with van der Waals surface area (Å²) >= 11 is 0. The molecule has 0 aliphatic heterocycles. The number of fused-ring (bicyclic) bond motifs is 1. The highest BCUT2D eigenvalue weighted by atomic mass is 19.4. The number of methoxy groups -OCH3 is 1. The van der Waals surface area contributed by atoms with Crippen LogP contribution in [0.4, 0.5) is 13.2 Å². The maximum Gasteiger partial charge on any atom is 0.416 e. The van der Waals surface area contributed by atoms with E-state index in [1.165, 1.54) is 29.9 Å². The molecular weight excluding hydrogens is 425 g/mol. The number of hydrogen-bond acceptors (Lipinski definition) is 4. The molecule has 0 bridgehead atoms. The van der Waals surface area contributed by atoms with Gasteiger partial charge in [0, 0.05) is 23.6 Å². The maximum absolute atomic E-state index is 13.2. The van der Waals surface area contributed by atoms with Gasteiger partial charge in [0.2, 0.25) is 0 Å². The third-order valence-corrected chi connectivity index (χ3v) is 5.03. The Hall–Kier alpha value is -3.36. The number of alkyl halides is 3. The molecule has 3 aromatic rings. The van der Waals surface area contributed by atoms with Gasteiger partial charge in [0.15, 0.2) is 0 Å². The van der Waals surface area contributed by atoms with Crippen molar-refractivity contribution in [3.63, 3.8) is 0 Å². The molecule has 0 saturated heterocycles. The van der Waals surface area contributed by atoms with Crippen LogP contribution in [-0.4, -0.2) is 27.7 Å². The van der Waals surface area contributed by atoms with Gasteiger partial charge in [0.25, 0.3) is 5.56 Å². The van der Waals surface area contributed by atoms with Gasteiger partial charge in [-0.15, -0.1) is 0 Å². The summed E-state index contributed by atoms with van der Waals surface area (Å²) in [5, 5.41) is 9.13. The summed E-state index contributed by atoms with van der Waals surface area (Å²) in [5.74, 6) is -0.793. The Kier molecular flexibility index (Phi) is 6.04. The summed E-state index contributed by atoms with van der Waals surface area (Å²) in [7, 11) is 1.39. The van der Waals surface area contributed by atoms with Crippen LogP contribution in [0.1, 0.15) is 38.4 Å². The van der Waals surface area contributed by atoms with Gasteiger partial charge >= 0.3 is 12.1 Å². The highest BCUT2D eigenvalue weighted by Gasteiger charge is 2.31. The van der Waals surface area contributed by atoms with Gasteiger partial charge in [-0.2, -0.15) is 13.2 Å². The van der Waals surface area contributed by atoms with Crippen molar-refractivity contribution in [2.75, 3.05) is 7.11 Å². The Morgan fingerprint density at radius 2 is 1.84 bits per heavy atom. The number of rotatable bonds is 5. The van der Waals surface area contributed by atoms with Gasteiger partial charge in [-0.1, -0.05) is 32.9 Å². The van der Waals surface area contributed by atoms with Gasteiger partial charge in [0.1, 0.15) is 11.4 Å². The fourth-order valence-corrected chi connectivity index (χ4v) is 3.44. The summed E-state index contributed by atoms with van der Waals surface area (Å²) in [6.07, 6.45) is -4.82. The van der Waals surface area contributed by atoms with E-state index >= 15 is 0 Å². The monoisotopic (exact) mass is 448 g/mol. The van der Waals surface area contributed by atoms with E-state index in [0.29, 0.717) is 16.6 Å². The second-order valence-corrected chi connectivity index (χ2v) is 8.43. The zero-order valence-electron chi connectivity index (χ0n) is 18.1. The predicted molar refractivity (Wildman–Crippen MR) is 114 cm³/mol. The fourth-order valence-electron chi connectivity index (χ4n) is 3.44. The van der Waals surface area contributed by atoms with Crippen LogP contribution < -0.4 is 10.3 Å². The molecule has 0 saturated carbocycles. The maximum atomic E-state index is 13.2. The second-order valence-electron chi connectivity index (χ2n) is 8.43. The summed E-state index contributed by atoms with van der Waals surface area (Å²) < 4.78 is 46.4. The molecule has 0 radical (unpaired) electrons. The van der Waals surface area contributed by atoms with E-state index in [4.69, 9.17) is 9.84 Å². The normalized spacial score (nSPS) is 12.2. The minimum absolute atomic E-state index is 0.107. The first-order valence-corrected chi connectivity index (χ1v) is 9.85. The lowest BCUT2D eigenvalue weighted by Crippen LogP contribution is -2.33. The van der Waals surface area contributed by atoms with E-state index in [0.717, 1.165) is 12.1 Å². The molecule has 9 heteroatoms. The molecule has 32 heavy (non-hydrogen) atoms. The van der Waals surface area contributed by atoms with E-state index in [9.17, 15) is 22.8 Å². The van der Waals surface area contributed by atoms with E-state index in [1.54, 1.807) is 6.07 Å². The quantitative estimate of drug-likeness (QED) is 0.603. The third kappa shape index (κ3) is 4.61. The van der Waals surface area contributed by atoms with Gasteiger partial charge in [-0.25, -0.2) is 4.98 Å². The molecule has 170 valence electrons. The molecule has 0 fully saturated rings. The van der Waals surface area contributed by atoms with Crippen LogP contribution in [0.15, 0.2) is 41.2 Å². The van der Waals surface area contributed by atoms with Crippen molar-refractivity contribution in [3.8, 4) is 16.9 Å². The molecular formula is C23H23F3N2O4. The number of carboxylic acids is 1. The van der Waals surface area contributed by atoms with E-state index < -0.39 is 28.7 Å². The molecule has 1 aromatic heterocycles. The summed E-state index contributed by atoms with van der Waals surface area (Å²) in [6.45, 7) is 5.35. The average Bonchev–Trinajstić information content (AvgIpc) is 2.70. The van der Waals surface area contributed by atoms with Crippen molar-refractivity contribution in [2.24, 2.45) is 0 Å². The van der Waals surface area contributed by atoms with E-state index in [-0.39, 0.29) is 30.0 Å². The van der Waals surface area contributed by atoms with Crippen molar-refractivity contribution in [1.82, 2.24) is 9.55 Å². The van der Waals surface area contributed by atoms with Gasteiger partial charge < -0.3 is 14.4 Å². The fraction of sp³-hybridized carbons (Fsp3) is 0.348. The Bertz CT molecular complexity index is 1240. The van der Waals surface area contributed by atoms with Crippen LogP contribution in [0.5, 0.6) is 5.75 Å². The lowest BCUT2D eigenvalue weighted by Gasteiger charge is -2.21. The second kappa shape index (κ2) is 8.29. The largest absolute Gasteiger partial charge is 0.496 e. The van der Waals surface area contributed by atoms with Crippen LogP contribution >= 0.6 is 0 Å². The number of aromatic nitrogens is 2. The lowest BCUT2D eigenvalue weighted by molar-refractivity contribution is -0.138.